The number of amides is 1. The molecular weight excluding hydrogens is 372 g/mol. The summed E-state index contributed by atoms with van der Waals surface area (Å²) in [7, 11) is 0. The topological polar surface area (TPSA) is 128 Å². The molecule has 0 saturated carbocycles. The summed E-state index contributed by atoms with van der Waals surface area (Å²) in [5.74, 6) is 1.13. The van der Waals surface area contributed by atoms with Crippen molar-refractivity contribution in [1.29, 1.82) is 0 Å². The van der Waals surface area contributed by atoms with Gasteiger partial charge in [0.1, 0.15) is 18.5 Å². The molecule has 29 heavy (non-hydrogen) atoms. The Morgan fingerprint density at radius 1 is 1.10 bits per heavy atom. The number of aryl methyl sites for hydroxylation is 1. The van der Waals surface area contributed by atoms with Crippen molar-refractivity contribution in [2.24, 2.45) is 0 Å². The largest absolute Gasteiger partial charge is 0.368 e. The van der Waals surface area contributed by atoms with Gasteiger partial charge >= 0.3 is 0 Å². The van der Waals surface area contributed by atoms with Gasteiger partial charge in [0, 0.05) is 30.9 Å². The van der Waals surface area contributed by atoms with Crippen molar-refractivity contribution >= 4 is 11.7 Å². The van der Waals surface area contributed by atoms with Crippen LogP contribution in [0.2, 0.25) is 0 Å². The fourth-order valence-corrected chi connectivity index (χ4v) is 2.65. The zero-order valence-corrected chi connectivity index (χ0v) is 15.6. The van der Waals surface area contributed by atoms with Gasteiger partial charge < -0.3 is 10.6 Å². The van der Waals surface area contributed by atoms with Gasteiger partial charge in [0.2, 0.25) is 0 Å². The van der Waals surface area contributed by atoms with Crippen LogP contribution in [0.3, 0.4) is 0 Å². The summed E-state index contributed by atoms with van der Waals surface area (Å²) in [6, 6.07) is 10.8. The number of hydrogen-bond donors (Lipinski definition) is 2. The average molecular weight is 390 g/mol. The molecule has 0 saturated heterocycles. The second kappa shape index (κ2) is 8.25. The monoisotopic (exact) mass is 390 g/mol. The quantitative estimate of drug-likeness (QED) is 0.443. The summed E-state index contributed by atoms with van der Waals surface area (Å²) in [5, 5.41) is 21.4. The zero-order valence-electron chi connectivity index (χ0n) is 15.6. The van der Waals surface area contributed by atoms with Gasteiger partial charge in [-0.05, 0) is 41.6 Å². The average Bonchev–Trinajstić information content (AvgIpc) is 3.43. The summed E-state index contributed by atoms with van der Waals surface area (Å²) >= 11 is 0. The number of tetrazole rings is 1. The highest BCUT2D eigenvalue weighted by molar-refractivity contribution is 5.94. The molecule has 0 spiro atoms. The fraction of sp³-hybridized carbons (Fsp3) is 0.167. The number of carbonyl (C=O) groups excluding carboxylic acids is 1. The summed E-state index contributed by atoms with van der Waals surface area (Å²) in [4.78, 5) is 20.8. The minimum Gasteiger partial charge on any atom is -0.368 e. The van der Waals surface area contributed by atoms with Crippen LogP contribution in [0, 0.1) is 6.92 Å². The Bertz CT molecular complexity index is 1110. The second-order valence-corrected chi connectivity index (χ2v) is 6.15. The van der Waals surface area contributed by atoms with Gasteiger partial charge in [-0.15, -0.1) is 5.10 Å². The highest BCUT2D eigenvalue weighted by atomic mass is 16.1. The van der Waals surface area contributed by atoms with Crippen LogP contribution in [0.1, 0.15) is 16.1 Å². The first-order chi connectivity index (χ1) is 14.2. The van der Waals surface area contributed by atoms with Crippen molar-refractivity contribution < 1.29 is 4.79 Å². The van der Waals surface area contributed by atoms with Gasteiger partial charge in [0.05, 0.1) is 11.4 Å². The van der Waals surface area contributed by atoms with E-state index >= 15 is 0 Å². The lowest BCUT2D eigenvalue weighted by atomic mass is 10.2. The number of nitrogens with one attached hydrogen (secondary N) is 2. The second-order valence-electron chi connectivity index (χ2n) is 6.15. The van der Waals surface area contributed by atoms with Crippen LogP contribution in [0.5, 0.6) is 0 Å². The Kier molecular flexibility index (Phi) is 5.18. The lowest BCUT2D eigenvalue weighted by molar-refractivity contribution is 0.0955. The van der Waals surface area contributed by atoms with E-state index < -0.39 is 0 Å². The van der Waals surface area contributed by atoms with Crippen molar-refractivity contribution in [2.75, 3.05) is 18.4 Å². The molecule has 0 unspecified atom stereocenters. The van der Waals surface area contributed by atoms with Gasteiger partial charge in [-0.25, -0.2) is 19.3 Å². The number of aromatic nitrogens is 8. The van der Waals surface area contributed by atoms with Crippen LogP contribution in [0.25, 0.3) is 11.5 Å². The van der Waals surface area contributed by atoms with E-state index in [4.69, 9.17) is 0 Å². The van der Waals surface area contributed by atoms with E-state index in [1.54, 1.807) is 28.9 Å². The van der Waals surface area contributed by atoms with Crippen molar-refractivity contribution in [3.05, 3.63) is 66.5 Å². The minimum atomic E-state index is -0.183. The normalized spacial score (nSPS) is 10.7. The molecular formula is C18H18N10O. The summed E-state index contributed by atoms with van der Waals surface area (Å²) < 4.78 is 3.17. The Balaban J connectivity index is 1.31. The van der Waals surface area contributed by atoms with E-state index in [0.29, 0.717) is 36.0 Å². The summed E-state index contributed by atoms with van der Waals surface area (Å²) in [6.07, 6.45) is 4.78. The Morgan fingerprint density at radius 2 is 2.03 bits per heavy atom. The highest BCUT2D eigenvalue weighted by Crippen LogP contribution is 2.10. The van der Waals surface area contributed by atoms with Crippen molar-refractivity contribution in [2.45, 2.75) is 6.92 Å². The lowest BCUT2D eigenvalue weighted by Gasteiger charge is -2.09. The molecule has 0 radical (unpaired) electrons. The smallest absolute Gasteiger partial charge is 0.251 e. The molecule has 3 heterocycles. The maximum Gasteiger partial charge on any atom is 0.251 e. The standard InChI is InChI=1S/C18H18N10O/c1-13-5-8-27(24-13)17-10-16(21-11-22-17)19-6-7-20-18(29)14-3-2-4-15(9-14)28-12-23-25-26-28/h2-5,8-12H,6-7H2,1H3,(H,20,29)(H,19,21,22). The molecule has 1 amide bonds. The van der Waals surface area contributed by atoms with Gasteiger partial charge in [-0.3, -0.25) is 4.79 Å². The van der Waals surface area contributed by atoms with Gasteiger partial charge in [-0.1, -0.05) is 6.07 Å². The zero-order chi connectivity index (χ0) is 20.1. The number of nitrogens with zero attached hydrogens (tertiary/aromatic N) is 8. The van der Waals surface area contributed by atoms with Crippen LogP contribution in [-0.2, 0) is 0 Å². The van der Waals surface area contributed by atoms with Crippen molar-refractivity contribution in [3.63, 3.8) is 0 Å². The SMILES string of the molecule is Cc1ccn(-c2cc(NCCNC(=O)c3cccc(-n4cnnn4)c3)ncn2)n1. The van der Waals surface area contributed by atoms with Crippen LogP contribution in [0.15, 0.2) is 55.2 Å². The maximum atomic E-state index is 12.4. The number of carbonyl (C=O) groups is 1. The molecule has 11 nitrogen and oxygen atoms in total. The molecule has 11 heteroatoms. The number of hydrogen-bond acceptors (Lipinski definition) is 8. The van der Waals surface area contributed by atoms with Crippen LogP contribution in [-0.4, -0.2) is 59.0 Å². The molecule has 0 aliphatic heterocycles. The third-order valence-corrected chi connectivity index (χ3v) is 4.05. The predicted octanol–water partition coefficient (Wildman–Crippen LogP) is 0.788. The first-order valence-corrected chi connectivity index (χ1v) is 8.89. The van der Waals surface area contributed by atoms with Gasteiger partial charge in [0.15, 0.2) is 5.82 Å². The Morgan fingerprint density at radius 3 is 2.83 bits per heavy atom. The van der Waals surface area contributed by atoms with Crippen molar-refractivity contribution in [1.82, 2.24) is 45.3 Å². The fourth-order valence-electron chi connectivity index (χ4n) is 2.65. The van der Waals surface area contributed by atoms with Gasteiger partial charge in [-0.2, -0.15) is 5.10 Å². The Hall–Kier alpha value is -4.15. The number of anilines is 1. The molecule has 4 rings (SSSR count). The predicted molar refractivity (Wildman–Crippen MR) is 104 cm³/mol. The third kappa shape index (κ3) is 4.40. The molecule has 0 aliphatic rings. The van der Waals surface area contributed by atoms with Crippen LogP contribution in [0.4, 0.5) is 5.82 Å². The molecule has 0 fully saturated rings. The Labute approximate surface area is 165 Å². The van der Waals surface area contributed by atoms with Crippen LogP contribution >= 0.6 is 0 Å². The van der Waals surface area contributed by atoms with Crippen LogP contribution < -0.4 is 10.6 Å². The first kappa shape index (κ1) is 18.2. The third-order valence-electron chi connectivity index (χ3n) is 4.05. The first-order valence-electron chi connectivity index (χ1n) is 8.89. The highest BCUT2D eigenvalue weighted by Gasteiger charge is 2.07. The molecule has 1 aromatic carbocycles. The molecule has 146 valence electrons. The number of rotatable bonds is 7. The van der Waals surface area contributed by atoms with E-state index in [1.807, 2.05) is 25.3 Å². The molecule has 0 aliphatic carbocycles. The summed E-state index contributed by atoms with van der Waals surface area (Å²) in [5.41, 5.74) is 2.14. The van der Waals surface area contributed by atoms with E-state index in [0.717, 1.165) is 5.69 Å². The van der Waals surface area contributed by atoms with E-state index in [2.05, 4.69) is 41.2 Å². The van der Waals surface area contributed by atoms with Crippen molar-refractivity contribution in [3.8, 4) is 11.5 Å². The molecule has 2 N–H and O–H groups in total. The molecule has 0 atom stereocenters. The van der Waals surface area contributed by atoms with E-state index in [9.17, 15) is 4.79 Å². The number of benzene rings is 1. The minimum absolute atomic E-state index is 0.183. The maximum absolute atomic E-state index is 12.4. The van der Waals surface area contributed by atoms with E-state index in [1.165, 1.54) is 17.3 Å². The van der Waals surface area contributed by atoms with Gasteiger partial charge in [0.25, 0.3) is 5.91 Å². The van der Waals surface area contributed by atoms with E-state index in [-0.39, 0.29) is 5.91 Å². The lowest BCUT2D eigenvalue weighted by Crippen LogP contribution is -2.29. The molecule has 0 bridgehead atoms. The summed E-state index contributed by atoms with van der Waals surface area (Å²) in [6.45, 7) is 2.85. The molecule has 4 aromatic rings. The molecule has 3 aromatic heterocycles.